The first-order valence-corrected chi connectivity index (χ1v) is 6.99. The van der Waals surface area contributed by atoms with Crippen molar-refractivity contribution in [2.75, 3.05) is 0 Å². The van der Waals surface area contributed by atoms with E-state index in [4.69, 9.17) is 4.74 Å². The number of hydrogen-bond acceptors (Lipinski definition) is 2. The Morgan fingerprint density at radius 3 is 2.60 bits per heavy atom. The normalized spacial score (nSPS) is 14.2. The molecule has 0 aromatic heterocycles. The highest BCUT2D eigenvalue weighted by Gasteiger charge is 2.19. The third-order valence-corrected chi connectivity index (χ3v) is 3.39. The zero-order valence-corrected chi connectivity index (χ0v) is 11.3. The first-order chi connectivity index (χ1) is 9.79. The van der Waals surface area contributed by atoms with Gasteiger partial charge in [0, 0.05) is 12.6 Å². The third-order valence-electron chi connectivity index (χ3n) is 3.39. The Kier molecular flexibility index (Phi) is 3.97. The van der Waals surface area contributed by atoms with Crippen LogP contribution in [-0.2, 0) is 13.2 Å². The highest BCUT2D eigenvalue weighted by Crippen LogP contribution is 2.20. The molecule has 0 spiro atoms. The summed E-state index contributed by atoms with van der Waals surface area (Å²) in [5.41, 5.74) is 2.20. The average molecular weight is 271 g/mol. The van der Waals surface area contributed by atoms with Gasteiger partial charge in [-0.15, -0.1) is 0 Å². The first-order valence-electron chi connectivity index (χ1n) is 6.99. The lowest BCUT2D eigenvalue weighted by Crippen LogP contribution is -2.15. The molecule has 2 nitrogen and oxygen atoms in total. The van der Waals surface area contributed by atoms with Crippen molar-refractivity contribution in [1.29, 1.82) is 0 Å². The summed E-state index contributed by atoms with van der Waals surface area (Å²) in [6, 6.07) is 15.2. The van der Waals surface area contributed by atoms with Crippen molar-refractivity contribution >= 4 is 0 Å². The van der Waals surface area contributed by atoms with Gasteiger partial charge in [-0.1, -0.05) is 24.3 Å². The van der Waals surface area contributed by atoms with Crippen molar-refractivity contribution in [3.05, 3.63) is 65.5 Å². The maximum Gasteiger partial charge on any atom is 0.123 e. The highest BCUT2D eigenvalue weighted by atomic mass is 19.1. The van der Waals surface area contributed by atoms with Crippen molar-refractivity contribution in [3.63, 3.8) is 0 Å². The fourth-order valence-corrected chi connectivity index (χ4v) is 2.04. The van der Waals surface area contributed by atoms with Gasteiger partial charge in [0.1, 0.15) is 18.2 Å². The van der Waals surface area contributed by atoms with E-state index in [0.29, 0.717) is 12.6 Å². The number of ether oxygens (including phenoxy) is 1. The molecule has 1 aliphatic carbocycles. The quantitative estimate of drug-likeness (QED) is 0.865. The Morgan fingerprint density at radius 2 is 1.85 bits per heavy atom. The first kappa shape index (κ1) is 13.1. The Hall–Kier alpha value is -1.87. The lowest BCUT2D eigenvalue weighted by molar-refractivity contribution is 0.305. The van der Waals surface area contributed by atoms with E-state index in [9.17, 15) is 4.39 Å². The topological polar surface area (TPSA) is 21.3 Å². The van der Waals surface area contributed by atoms with Crippen molar-refractivity contribution in [1.82, 2.24) is 5.32 Å². The van der Waals surface area contributed by atoms with E-state index in [2.05, 4.69) is 17.4 Å². The molecule has 0 amide bonds. The van der Waals surface area contributed by atoms with E-state index in [1.54, 1.807) is 12.1 Å². The molecule has 1 saturated carbocycles. The summed E-state index contributed by atoms with van der Waals surface area (Å²) in [5, 5.41) is 3.48. The predicted octanol–water partition coefficient (Wildman–Crippen LogP) is 3.66. The van der Waals surface area contributed by atoms with Crippen LogP contribution in [0.15, 0.2) is 48.5 Å². The number of nitrogens with one attached hydrogen (secondary N) is 1. The molecular formula is C17H18FNO. The van der Waals surface area contributed by atoms with Crippen LogP contribution in [0.25, 0.3) is 0 Å². The van der Waals surface area contributed by atoms with Gasteiger partial charge >= 0.3 is 0 Å². The molecule has 20 heavy (non-hydrogen) atoms. The van der Waals surface area contributed by atoms with E-state index >= 15 is 0 Å². The predicted molar refractivity (Wildman–Crippen MR) is 77.0 cm³/mol. The summed E-state index contributed by atoms with van der Waals surface area (Å²) >= 11 is 0. The van der Waals surface area contributed by atoms with E-state index in [1.165, 1.54) is 30.5 Å². The highest BCUT2D eigenvalue weighted by molar-refractivity contribution is 5.29. The van der Waals surface area contributed by atoms with Crippen LogP contribution in [0.3, 0.4) is 0 Å². The summed E-state index contributed by atoms with van der Waals surface area (Å²) in [7, 11) is 0. The Morgan fingerprint density at radius 1 is 1.05 bits per heavy atom. The van der Waals surface area contributed by atoms with Crippen molar-refractivity contribution in [2.24, 2.45) is 0 Å². The van der Waals surface area contributed by atoms with Crippen LogP contribution in [0.5, 0.6) is 5.75 Å². The fraction of sp³-hybridized carbons (Fsp3) is 0.294. The molecule has 0 aliphatic heterocycles. The molecular weight excluding hydrogens is 253 g/mol. The molecule has 0 bridgehead atoms. The van der Waals surface area contributed by atoms with Gasteiger partial charge < -0.3 is 10.1 Å². The molecule has 3 heteroatoms. The smallest absolute Gasteiger partial charge is 0.123 e. The Balaban J connectivity index is 1.56. The van der Waals surface area contributed by atoms with E-state index in [1.807, 2.05) is 12.1 Å². The summed E-state index contributed by atoms with van der Waals surface area (Å²) in [6.45, 7) is 1.35. The SMILES string of the molecule is Fc1ccc(COc2cccc(CNC3CC3)c2)cc1. The molecule has 0 radical (unpaired) electrons. The molecule has 2 aromatic carbocycles. The van der Waals surface area contributed by atoms with Gasteiger partial charge in [-0.2, -0.15) is 0 Å². The van der Waals surface area contributed by atoms with Gasteiger partial charge in [0.05, 0.1) is 0 Å². The van der Waals surface area contributed by atoms with Gasteiger partial charge in [0.15, 0.2) is 0 Å². The molecule has 104 valence electrons. The van der Waals surface area contributed by atoms with Gasteiger partial charge in [0.25, 0.3) is 0 Å². The van der Waals surface area contributed by atoms with Crippen LogP contribution in [0, 0.1) is 5.82 Å². The Labute approximate surface area is 118 Å². The van der Waals surface area contributed by atoms with E-state index < -0.39 is 0 Å². The van der Waals surface area contributed by atoms with Crippen molar-refractivity contribution in [3.8, 4) is 5.75 Å². The number of halogens is 1. The van der Waals surface area contributed by atoms with Gasteiger partial charge in [-0.3, -0.25) is 0 Å². The second kappa shape index (κ2) is 6.06. The van der Waals surface area contributed by atoms with Crippen LogP contribution >= 0.6 is 0 Å². The van der Waals surface area contributed by atoms with Crippen LogP contribution in [0.2, 0.25) is 0 Å². The molecule has 3 rings (SSSR count). The zero-order valence-electron chi connectivity index (χ0n) is 11.3. The number of hydrogen-bond donors (Lipinski definition) is 1. The van der Waals surface area contributed by atoms with Crippen LogP contribution in [-0.4, -0.2) is 6.04 Å². The molecule has 1 N–H and O–H groups in total. The minimum absolute atomic E-state index is 0.220. The zero-order chi connectivity index (χ0) is 13.8. The second-order valence-electron chi connectivity index (χ2n) is 5.22. The molecule has 2 aromatic rings. The third kappa shape index (κ3) is 3.81. The maximum absolute atomic E-state index is 12.8. The second-order valence-corrected chi connectivity index (χ2v) is 5.22. The van der Waals surface area contributed by atoms with E-state index in [-0.39, 0.29) is 5.82 Å². The minimum Gasteiger partial charge on any atom is -0.489 e. The largest absolute Gasteiger partial charge is 0.489 e. The standard InChI is InChI=1S/C17H18FNO/c18-15-6-4-13(5-7-15)12-20-17-3-1-2-14(10-17)11-19-16-8-9-16/h1-7,10,16,19H,8-9,11-12H2. The summed E-state index contributed by atoms with van der Waals surface area (Å²) in [5.74, 6) is 0.631. The van der Waals surface area contributed by atoms with Crippen LogP contribution < -0.4 is 10.1 Å². The average Bonchev–Trinajstić information content (AvgIpc) is 3.29. The monoisotopic (exact) mass is 271 g/mol. The molecule has 0 heterocycles. The lowest BCUT2D eigenvalue weighted by Gasteiger charge is -2.09. The summed E-state index contributed by atoms with van der Waals surface area (Å²) in [4.78, 5) is 0. The minimum atomic E-state index is -0.220. The Bertz CT molecular complexity index is 563. The van der Waals surface area contributed by atoms with Crippen molar-refractivity contribution < 1.29 is 9.13 Å². The molecule has 1 fully saturated rings. The summed E-state index contributed by atoms with van der Waals surface area (Å²) < 4.78 is 18.6. The maximum atomic E-state index is 12.8. The van der Waals surface area contributed by atoms with Gasteiger partial charge in [0.2, 0.25) is 0 Å². The van der Waals surface area contributed by atoms with E-state index in [0.717, 1.165) is 17.9 Å². The van der Waals surface area contributed by atoms with Gasteiger partial charge in [-0.05, 0) is 48.2 Å². The molecule has 0 saturated heterocycles. The van der Waals surface area contributed by atoms with Gasteiger partial charge in [-0.25, -0.2) is 4.39 Å². The van der Waals surface area contributed by atoms with Crippen LogP contribution in [0.4, 0.5) is 4.39 Å². The molecule has 0 unspecified atom stereocenters. The van der Waals surface area contributed by atoms with Crippen molar-refractivity contribution in [2.45, 2.75) is 32.0 Å². The van der Waals surface area contributed by atoms with Crippen LogP contribution in [0.1, 0.15) is 24.0 Å². The number of benzene rings is 2. The molecule has 1 aliphatic rings. The number of rotatable bonds is 6. The lowest BCUT2D eigenvalue weighted by atomic mass is 10.2. The summed E-state index contributed by atoms with van der Waals surface area (Å²) in [6.07, 6.45) is 2.58. The molecule has 0 atom stereocenters. The fourth-order valence-electron chi connectivity index (χ4n) is 2.04.